The van der Waals surface area contributed by atoms with E-state index in [1.165, 1.54) is 0 Å². The van der Waals surface area contributed by atoms with Gasteiger partial charge in [0.05, 0.1) is 13.2 Å². The van der Waals surface area contributed by atoms with Gasteiger partial charge in [-0.15, -0.1) is 0 Å². The summed E-state index contributed by atoms with van der Waals surface area (Å²) in [6.07, 6.45) is 1.54. The monoisotopic (exact) mass is 147 g/mol. The number of carbonyl (C=O) groups is 1. The van der Waals surface area contributed by atoms with Crippen LogP contribution < -0.4 is 5.73 Å². The molecule has 4 nitrogen and oxygen atoms in total. The average molecular weight is 147 g/mol. The Morgan fingerprint density at radius 1 is 1.70 bits per heavy atom. The maximum atomic E-state index is 10.0. The SMILES string of the molecule is NCCO.O=C1CCCO1. The van der Waals surface area contributed by atoms with Gasteiger partial charge >= 0.3 is 5.97 Å². The van der Waals surface area contributed by atoms with E-state index in [4.69, 9.17) is 10.8 Å². The van der Waals surface area contributed by atoms with Crippen molar-refractivity contribution < 1.29 is 14.6 Å². The highest BCUT2D eigenvalue weighted by Crippen LogP contribution is 2.01. The normalized spacial score (nSPS) is 15.6. The third kappa shape index (κ3) is 5.53. The predicted octanol–water partition coefficient (Wildman–Crippen LogP) is -0.739. The molecule has 1 rings (SSSR count). The highest BCUT2D eigenvalue weighted by Gasteiger charge is 2.08. The molecule has 0 aromatic carbocycles. The van der Waals surface area contributed by atoms with Crippen molar-refractivity contribution in [1.82, 2.24) is 0 Å². The van der Waals surface area contributed by atoms with Gasteiger partial charge in [-0.2, -0.15) is 0 Å². The zero-order chi connectivity index (χ0) is 7.82. The van der Waals surface area contributed by atoms with Gasteiger partial charge in [-0.1, -0.05) is 0 Å². The lowest BCUT2D eigenvalue weighted by Crippen LogP contribution is -2.02. The first kappa shape index (κ1) is 9.39. The Kier molecular flexibility index (Phi) is 6.11. The highest BCUT2D eigenvalue weighted by molar-refractivity contribution is 5.70. The molecule has 1 aliphatic heterocycles. The lowest BCUT2D eigenvalue weighted by Gasteiger charge is -1.81. The molecule has 4 heteroatoms. The second-order valence-electron chi connectivity index (χ2n) is 1.84. The molecule has 1 saturated heterocycles. The standard InChI is InChI=1S/C4H6O2.C2H7NO/c5-4-2-1-3-6-4;3-1-2-4/h1-3H2;4H,1-3H2. The quantitative estimate of drug-likeness (QED) is 0.479. The Morgan fingerprint density at radius 2 is 2.30 bits per heavy atom. The smallest absolute Gasteiger partial charge is 0.305 e. The van der Waals surface area contributed by atoms with E-state index < -0.39 is 0 Å². The third-order valence-corrected chi connectivity index (χ3v) is 0.917. The topological polar surface area (TPSA) is 72.5 Å². The van der Waals surface area contributed by atoms with Crippen LogP contribution in [0.3, 0.4) is 0 Å². The van der Waals surface area contributed by atoms with Gasteiger partial charge in [-0.3, -0.25) is 4.79 Å². The molecule has 0 saturated carbocycles. The summed E-state index contributed by atoms with van der Waals surface area (Å²) in [5.74, 6) is -0.0463. The molecule has 0 amide bonds. The molecule has 0 spiro atoms. The van der Waals surface area contributed by atoms with E-state index in [1.807, 2.05) is 0 Å². The van der Waals surface area contributed by atoms with E-state index in [0.29, 0.717) is 19.6 Å². The summed E-state index contributed by atoms with van der Waals surface area (Å²) in [6.45, 7) is 1.11. The molecule has 60 valence electrons. The number of aliphatic hydroxyl groups excluding tert-OH is 1. The number of esters is 1. The van der Waals surface area contributed by atoms with Crippen LogP contribution >= 0.6 is 0 Å². The molecule has 0 aliphatic carbocycles. The number of rotatable bonds is 1. The van der Waals surface area contributed by atoms with Crippen molar-refractivity contribution in [2.45, 2.75) is 12.8 Å². The second kappa shape index (κ2) is 6.51. The summed E-state index contributed by atoms with van der Waals surface area (Å²) in [4.78, 5) is 10.0. The first-order valence-electron chi connectivity index (χ1n) is 3.27. The average Bonchev–Trinajstić information content (AvgIpc) is 2.40. The molecule has 10 heavy (non-hydrogen) atoms. The van der Waals surface area contributed by atoms with E-state index >= 15 is 0 Å². The van der Waals surface area contributed by atoms with Gasteiger partial charge in [0.15, 0.2) is 0 Å². The number of cyclic esters (lactones) is 1. The van der Waals surface area contributed by atoms with Gasteiger partial charge in [-0.05, 0) is 6.42 Å². The van der Waals surface area contributed by atoms with Gasteiger partial charge in [0, 0.05) is 13.0 Å². The Morgan fingerprint density at radius 3 is 2.40 bits per heavy atom. The number of nitrogens with two attached hydrogens (primary N) is 1. The van der Waals surface area contributed by atoms with Crippen molar-refractivity contribution in [2.75, 3.05) is 19.8 Å². The molecule has 1 fully saturated rings. The zero-order valence-electron chi connectivity index (χ0n) is 5.88. The van der Waals surface area contributed by atoms with E-state index in [9.17, 15) is 4.79 Å². The molecule has 1 aliphatic rings. The van der Waals surface area contributed by atoms with Crippen LogP contribution in [0.2, 0.25) is 0 Å². The number of aliphatic hydroxyl groups is 1. The van der Waals surface area contributed by atoms with Crippen LogP contribution in [0.4, 0.5) is 0 Å². The minimum absolute atomic E-state index is 0.0463. The number of hydrogen-bond donors (Lipinski definition) is 2. The van der Waals surface area contributed by atoms with Crippen molar-refractivity contribution in [3.05, 3.63) is 0 Å². The maximum absolute atomic E-state index is 10.0. The lowest BCUT2D eigenvalue weighted by molar-refractivity contribution is -0.137. The summed E-state index contributed by atoms with van der Waals surface area (Å²) >= 11 is 0. The first-order chi connectivity index (χ1) is 4.81. The fourth-order valence-corrected chi connectivity index (χ4v) is 0.475. The predicted molar refractivity (Wildman–Crippen MR) is 36.3 cm³/mol. The lowest BCUT2D eigenvalue weighted by atomic mass is 10.4. The summed E-state index contributed by atoms with van der Waals surface area (Å²) in [6, 6.07) is 0. The highest BCUT2D eigenvalue weighted by atomic mass is 16.5. The van der Waals surface area contributed by atoms with Crippen LogP contribution in [0.1, 0.15) is 12.8 Å². The van der Waals surface area contributed by atoms with Gasteiger partial charge < -0.3 is 15.6 Å². The summed E-state index contributed by atoms with van der Waals surface area (Å²) in [5.41, 5.74) is 4.78. The molecule has 0 bridgehead atoms. The Labute approximate surface area is 60.0 Å². The van der Waals surface area contributed by atoms with Crippen molar-refractivity contribution in [3.8, 4) is 0 Å². The van der Waals surface area contributed by atoms with E-state index in [0.717, 1.165) is 6.42 Å². The molecule has 0 atom stereocenters. The van der Waals surface area contributed by atoms with Crippen LogP contribution in [0.25, 0.3) is 0 Å². The number of ether oxygens (including phenoxy) is 1. The first-order valence-corrected chi connectivity index (χ1v) is 3.27. The van der Waals surface area contributed by atoms with Crippen LogP contribution in [0.5, 0.6) is 0 Å². The number of carbonyl (C=O) groups excluding carboxylic acids is 1. The van der Waals surface area contributed by atoms with Gasteiger partial charge in [0.25, 0.3) is 0 Å². The van der Waals surface area contributed by atoms with Gasteiger partial charge in [0.1, 0.15) is 0 Å². The Hall–Kier alpha value is -0.610. The van der Waals surface area contributed by atoms with E-state index in [2.05, 4.69) is 4.74 Å². The van der Waals surface area contributed by atoms with Crippen molar-refractivity contribution >= 4 is 5.97 Å². The fraction of sp³-hybridized carbons (Fsp3) is 0.833. The van der Waals surface area contributed by atoms with Crippen LogP contribution in [0.15, 0.2) is 0 Å². The molecule has 0 aromatic heterocycles. The van der Waals surface area contributed by atoms with Crippen molar-refractivity contribution in [1.29, 1.82) is 0 Å². The molecular formula is C6H13NO3. The van der Waals surface area contributed by atoms with Gasteiger partial charge in [0.2, 0.25) is 0 Å². The van der Waals surface area contributed by atoms with Crippen LogP contribution in [0, 0.1) is 0 Å². The minimum Gasteiger partial charge on any atom is -0.466 e. The second-order valence-corrected chi connectivity index (χ2v) is 1.84. The van der Waals surface area contributed by atoms with Gasteiger partial charge in [-0.25, -0.2) is 0 Å². The molecule has 0 unspecified atom stereocenters. The molecule has 1 heterocycles. The number of hydrogen-bond acceptors (Lipinski definition) is 4. The zero-order valence-corrected chi connectivity index (χ0v) is 5.88. The molecule has 0 aromatic rings. The van der Waals surface area contributed by atoms with E-state index in [-0.39, 0.29) is 12.6 Å². The van der Waals surface area contributed by atoms with Crippen LogP contribution in [-0.2, 0) is 9.53 Å². The summed E-state index contributed by atoms with van der Waals surface area (Å²) in [7, 11) is 0. The molecular weight excluding hydrogens is 134 g/mol. The maximum Gasteiger partial charge on any atom is 0.305 e. The van der Waals surface area contributed by atoms with Crippen LogP contribution in [-0.4, -0.2) is 30.8 Å². The Balaban J connectivity index is 0.000000180. The molecule has 3 N–H and O–H groups in total. The summed E-state index contributed by atoms with van der Waals surface area (Å²) in [5, 5.41) is 7.75. The minimum atomic E-state index is -0.0463. The largest absolute Gasteiger partial charge is 0.466 e. The fourth-order valence-electron chi connectivity index (χ4n) is 0.475. The van der Waals surface area contributed by atoms with Crippen molar-refractivity contribution in [2.24, 2.45) is 5.73 Å². The summed E-state index contributed by atoms with van der Waals surface area (Å²) < 4.78 is 4.51. The Bertz CT molecular complexity index is 85.0. The van der Waals surface area contributed by atoms with Crippen molar-refractivity contribution in [3.63, 3.8) is 0 Å². The molecule has 0 radical (unpaired) electrons. The third-order valence-electron chi connectivity index (χ3n) is 0.917. The van der Waals surface area contributed by atoms with E-state index in [1.54, 1.807) is 0 Å².